The standard InChI is InChI=1S/C17H26ClN3O4S/c1-13-4-5-15(18)12-16(13)21(26(3,23)24)14(2)17(22)19-6-7-20-8-10-25-11-9-20/h4-5,12,14H,6-11H2,1-3H3,(H,19,22)/t14-/m1/s1. The number of nitrogens with zero attached hydrogens (tertiary/aromatic N) is 2. The van der Waals surface area contributed by atoms with Crippen LogP contribution in [0, 0.1) is 6.92 Å². The third-order valence-electron chi connectivity index (χ3n) is 4.33. The highest BCUT2D eigenvalue weighted by Gasteiger charge is 2.30. The molecule has 0 radical (unpaired) electrons. The number of hydrogen-bond donors (Lipinski definition) is 1. The van der Waals surface area contributed by atoms with Crippen LogP contribution in [0.25, 0.3) is 0 Å². The molecule has 0 saturated carbocycles. The van der Waals surface area contributed by atoms with Gasteiger partial charge in [-0.15, -0.1) is 0 Å². The highest BCUT2D eigenvalue weighted by molar-refractivity contribution is 7.92. The van der Waals surface area contributed by atoms with Crippen LogP contribution >= 0.6 is 11.6 Å². The van der Waals surface area contributed by atoms with Crippen LogP contribution in [0.2, 0.25) is 5.02 Å². The summed E-state index contributed by atoms with van der Waals surface area (Å²) in [6.07, 6.45) is 1.09. The molecule has 1 N–H and O–H groups in total. The summed E-state index contributed by atoms with van der Waals surface area (Å²) in [5.41, 5.74) is 1.14. The topological polar surface area (TPSA) is 79.0 Å². The Morgan fingerprint density at radius 2 is 2.04 bits per heavy atom. The van der Waals surface area contributed by atoms with Gasteiger partial charge < -0.3 is 10.1 Å². The minimum atomic E-state index is -3.66. The number of amides is 1. The van der Waals surface area contributed by atoms with E-state index in [1.54, 1.807) is 32.0 Å². The smallest absolute Gasteiger partial charge is 0.243 e. The van der Waals surface area contributed by atoms with Gasteiger partial charge in [0.15, 0.2) is 0 Å². The van der Waals surface area contributed by atoms with Crippen molar-refractivity contribution in [2.45, 2.75) is 19.9 Å². The first-order chi connectivity index (χ1) is 12.2. The molecule has 0 aliphatic carbocycles. The fourth-order valence-corrected chi connectivity index (χ4v) is 4.30. The maximum absolute atomic E-state index is 12.5. The van der Waals surface area contributed by atoms with Crippen LogP contribution in [0.1, 0.15) is 12.5 Å². The lowest BCUT2D eigenvalue weighted by molar-refractivity contribution is -0.121. The minimum absolute atomic E-state index is 0.344. The maximum Gasteiger partial charge on any atom is 0.243 e. The number of anilines is 1. The molecule has 146 valence electrons. The van der Waals surface area contributed by atoms with Crippen LogP contribution in [-0.4, -0.2) is 70.9 Å². The number of hydrogen-bond acceptors (Lipinski definition) is 5. The summed E-state index contributed by atoms with van der Waals surface area (Å²) < 4.78 is 31.1. The van der Waals surface area contributed by atoms with E-state index in [-0.39, 0.29) is 5.91 Å². The van der Waals surface area contributed by atoms with Gasteiger partial charge in [0.1, 0.15) is 6.04 Å². The molecular weight excluding hydrogens is 378 g/mol. The van der Waals surface area contributed by atoms with Crippen molar-refractivity contribution in [1.29, 1.82) is 0 Å². The average Bonchev–Trinajstić information content (AvgIpc) is 2.57. The molecule has 1 atom stereocenters. The van der Waals surface area contributed by atoms with Crippen LogP contribution in [0.15, 0.2) is 18.2 Å². The van der Waals surface area contributed by atoms with Gasteiger partial charge in [-0.2, -0.15) is 0 Å². The first kappa shape index (κ1) is 21.0. The Morgan fingerprint density at radius 1 is 1.38 bits per heavy atom. The van der Waals surface area contributed by atoms with Gasteiger partial charge in [-0.25, -0.2) is 8.42 Å². The summed E-state index contributed by atoms with van der Waals surface area (Å²) in [6, 6.07) is 4.11. The highest BCUT2D eigenvalue weighted by Crippen LogP contribution is 2.28. The van der Waals surface area contributed by atoms with E-state index in [4.69, 9.17) is 16.3 Å². The number of morpholine rings is 1. The van der Waals surface area contributed by atoms with Crippen molar-refractivity contribution in [2.75, 3.05) is 50.0 Å². The van der Waals surface area contributed by atoms with Crippen LogP contribution in [-0.2, 0) is 19.6 Å². The summed E-state index contributed by atoms with van der Waals surface area (Å²) in [5, 5.41) is 3.24. The molecule has 1 heterocycles. The van der Waals surface area contributed by atoms with Crippen molar-refractivity contribution in [2.24, 2.45) is 0 Å². The van der Waals surface area contributed by atoms with Gasteiger partial charge in [0.25, 0.3) is 0 Å². The third-order valence-corrected chi connectivity index (χ3v) is 5.79. The van der Waals surface area contributed by atoms with Crippen molar-refractivity contribution in [1.82, 2.24) is 10.2 Å². The number of sulfonamides is 1. The van der Waals surface area contributed by atoms with Gasteiger partial charge >= 0.3 is 0 Å². The first-order valence-electron chi connectivity index (χ1n) is 8.53. The number of nitrogens with one attached hydrogen (secondary N) is 1. The summed E-state index contributed by atoms with van der Waals surface area (Å²) in [4.78, 5) is 14.7. The van der Waals surface area contributed by atoms with E-state index >= 15 is 0 Å². The second kappa shape index (κ2) is 9.03. The summed E-state index contributed by atoms with van der Waals surface area (Å²) in [6.45, 7) is 7.58. The Bertz CT molecular complexity index is 736. The molecule has 7 nitrogen and oxygen atoms in total. The molecule has 1 aromatic rings. The molecule has 1 aliphatic heterocycles. The van der Waals surface area contributed by atoms with E-state index in [2.05, 4.69) is 10.2 Å². The molecular formula is C17H26ClN3O4S. The lowest BCUT2D eigenvalue weighted by Crippen LogP contribution is -2.50. The molecule has 26 heavy (non-hydrogen) atoms. The van der Waals surface area contributed by atoms with Crippen molar-refractivity contribution in [3.05, 3.63) is 28.8 Å². The van der Waals surface area contributed by atoms with Crippen LogP contribution < -0.4 is 9.62 Å². The lowest BCUT2D eigenvalue weighted by atomic mass is 10.2. The molecule has 0 aromatic heterocycles. The maximum atomic E-state index is 12.5. The van der Waals surface area contributed by atoms with E-state index in [1.807, 2.05) is 0 Å². The fourth-order valence-electron chi connectivity index (χ4n) is 2.91. The minimum Gasteiger partial charge on any atom is -0.379 e. The van der Waals surface area contributed by atoms with Gasteiger partial charge in [0, 0.05) is 31.2 Å². The molecule has 0 bridgehead atoms. The fraction of sp³-hybridized carbons (Fsp3) is 0.588. The Hall–Kier alpha value is -1.35. The van der Waals surface area contributed by atoms with Crippen molar-refractivity contribution in [3.63, 3.8) is 0 Å². The number of rotatable bonds is 7. The third kappa shape index (κ3) is 5.57. The molecule has 0 spiro atoms. The largest absolute Gasteiger partial charge is 0.379 e. The highest BCUT2D eigenvalue weighted by atomic mass is 35.5. The van der Waals surface area contributed by atoms with E-state index in [0.717, 1.165) is 29.2 Å². The van der Waals surface area contributed by atoms with Crippen molar-refractivity contribution < 1.29 is 17.9 Å². The second-order valence-electron chi connectivity index (χ2n) is 6.41. The molecule has 1 aromatic carbocycles. The number of halogens is 1. The molecule has 0 unspecified atom stereocenters. The van der Waals surface area contributed by atoms with Gasteiger partial charge in [0.05, 0.1) is 25.2 Å². The van der Waals surface area contributed by atoms with Gasteiger partial charge in [-0.3, -0.25) is 14.0 Å². The molecule has 1 aliphatic rings. The molecule has 9 heteroatoms. The van der Waals surface area contributed by atoms with Crippen LogP contribution in [0.4, 0.5) is 5.69 Å². The number of aryl methyl sites for hydroxylation is 1. The Balaban J connectivity index is 2.07. The zero-order valence-corrected chi connectivity index (χ0v) is 16.9. The Morgan fingerprint density at radius 3 is 2.65 bits per heavy atom. The van der Waals surface area contributed by atoms with Crippen LogP contribution in [0.3, 0.4) is 0 Å². The average molecular weight is 404 g/mol. The summed E-state index contributed by atoms with van der Waals surface area (Å²) in [7, 11) is -3.66. The molecule has 1 amide bonds. The van der Waals surface area contributed by atoms with Gasteiger partial charge in [-0.05, 0) is 31.5 Å². The zero-order valence-electron chi connectivity index (χ0n) is 15.4. The van der Waals surface area contributed by atoms with E-state index in [1.165, 1.54) is 0 Å². The van der Waals surface area contributed by atoms with Crippen molar-refractivity contribution in [3.8, 4) is 0 Å². The lowest BCUT2D eigenvalue weighted by Gasteiger charge is -2.30. The molecule has 2 rings (SSSR count). The summed E-state index contributed by atoms with van der Waals surface area (Å²) in [5.74, 6) is -0.344. The predicted octanol–water partition coefficient (Wildman–Crippen LogP) is 1.25. The Kier molecular flexibility index (Phi) is 7.28. The van der Waals surface area contributed by atoms with Crippen LogP contribution in [0.5, 0.6) is 0 Å². The van der Waals surface area contributed by atoms with Crippen molar-refractivity contribution >= 4 is 33.2 Å². The normalized spacial score (nSPS) is 16.9. The first-order valence-corrected chi connectivity index (χ1v) is 10.8. The van der Waals surface area contributed by atoms with E-state index in [9.17, 15) is 13.2 Å². The Labute approximate surface area is 160 Å². The van der Waals surface area contributed by atoms with Gasteiger partial charge in [-0.1, -0.05) is 17.7 Å². The number of benzene rings is 1. The molecule has 1 saturated heterocycles. The SMILES string of the molecule is Cc1ccc(Cl)cc1N([C@H](C)C(=O)NCCN1CCOCC1)S(C)(=O)=O. The van der Waals surface area contributed by atoms with E-state index in [0.29, 0.717) is 37.0 Å². The second-order valence-corrected chi connectivity index (χ2v) is 8.71. The quantitative estimate of drug-likeness (QED) is 0.741. The number of ether oxygens (including phenoxy) is 1. The number of carbonyl (C=O) groups is 1. The predicted molar refractivity (Wildman–Crippen MR) is 103 cm³/mol. The summed E-state index contributed by atoms with van der Waals surface area (Å²) >= 11 is 6.03. The monoisotopic (exact) mass is 403 g/mol. The molecule has 1 fully saturated rings. The number of carbonyl (C=O) groups excluding carboxylic acids is 1. The van der Waals surface area contributed by atoms with E-state index < -0.39 is 16.1 Å². The zero-order chi connectivity index (χ0) is 19.3. The van der Waals surface area contributed by atoms with Gasteiger partial charge in [0.2, 0.25) is 15.9 Å².